The van der Waals surface area contributed by atoms with Gasteiger partial charge in [0.1, 0.15) is 23.5 Å². The third-order valence-electron chi connectivity index (χ3n) is 5.55. The summed E-state index contributed by atoms with van der Waals surface area (Å²) in [6.45, 7) is 2.66. The van der Waals surface area contributed by atoms with E-state index in [1.54, 1.807) is 13.0 Å². The summed E-state index contributed by atoms with van der Waals surface area (Å²) in [6.07, 6.45) is -0.287. The third-order valence-corrected chi connectivity index (χ3v) is 5.55. The fraction of sp³-hybridized carbons (Fsp3) is 0.200. The van der Waals surface area contributed by atoms with Gasteiger partial charge in [0.05, 0.1) is 18.5 Å². The number of carbonyl (C=O) groups excluding carboxylic acids is 2. The van der Waals surface area contributed by atoms with Gasteiger partial charge in [0.2, 0.25) is 11.8 Å². The highest BCUT2D eigenvalue weighted by Gasteiger charge is 2.19. The molecule has 0 aliphatic carbocycles. The van der Waals surface area contributed by atoms with E-state index in [-0.39, 0.29) is 12.0 Å². The Balaban J connectivity index is 1.66. The van der Waals surface area contributed by atoms with E-state index in [4.69, 9.17) is 13.9 Å². The fourth-order valence-corrected chi connectivity index (χ4v) is 3.91. The average molecular weight is 462 g/mol. The molecule has 0 unspecified atom stereocenters. The first-order chi connectivity index (χ1) is 16.2. The molecular weight excluding hydrogens is 440 g/mol. The number of furan rings is 1. The van der Waals surface area contributed by atoms with Crippen LogP contribution in [0.5, 0.6) is 0 Å². The minimum Gasteiger partial charge on any atom is -0.480 e. The SMILES string of the molecule is Cc1oc2cc3oc(=O)c(CC(=O)NCC(=O)NCC(=O)O)c(C)c3cc2c1-c1ccccc1. The Morgan fingerprint density at radius 3 is 2.26 bits per heavy atom. The Morgan fingerprint density at radius 2 is 1.56 bits per heavy atom. The van der Waals surface area contributed by atoms with Gasteiger partial charge in [-0.05, 0) is 31.0 Å². The summed E-state index contributed by atoms with van der Waals surface area (Å²) >= 11 is 0. The van der Waals surface area contributed by atoms with E-state index in [0.717, 1.165) is 22.3 Å². The van der Waals surface area contributed by atoms with Gasteiger partial charge in [-0.25, -0.2) is 4.79 Å². The standard InChI is InChI=1S/C25H22N2O7/c1-13-16-8-18-20(33-14(2)24(18)15-6-4-3-5-7-15)10-19(16)34-25(32)17(13)9-21(28)26-11-22(29)27-12-23(30)31/h3-8,10H,9,11-12H2,1-2H3,(H,26,28)(H,27,29)(H,30,31). The highest BCUT2D eigenvalue weighted by Crippen LogP contribution is 2.37. The predicted octanol–water partition coefficient (Wildman–Crippen LogP) is 2.68. The first kappa shape index (κ1) is 22.8. The van der Waals surface area contributed by atoms with Gasteiger partial charge in [0.25, 0.3) is 0 Å². The third kappa shape index (κ3) is 4.54. The van der Waals surface area contributed by atoms with Crippen molar-refractivity contribution in [1.82, 2.24) is 10.6 Å². The van der Waals surface area contributed by atoms with Crippen LogP contribution in [0, 0.1) is 13.8 Å². The lowest BCUT2D eigenvalue weighted by atomic mass is 9.98. The summed E-state index contributed by atoms with van der Waals surface area (Å²) in [5, 5.41) is 14.6. The van der Waals surface area contributed by atoms with E-state index >= 15 is 0 Å². The van der Waals surface area contributed by atoms with E-state index in [1.165, 1.54) is 0 Å². The molecule has 0 saturated heterocycles. The second kappa shape index (κ2) is 9.22. The molecular formula is C25H22N2O7. The Bertz CT molecular complexity index is 1480. The highest BCUT2D eigenvalue weighted by molar-refractivity contribution is 6.03. The van der Waals surface area contributed by atoms with Crippen LogP contribution in [0.2, 0.25) is 0 Å². The summed E-state index contributed by atoms with van der Waals surface area (Å²) < 4.78 is 11.4. The maximum atomic E-state index is 12.6. The van der Waals surface area contributed by atoms with Crippen LogP contribution in [0.4, 0.5) is 0 Å². The van der Waals surface area contributed by atoms with Crippen LogP contribution in [-0.2, 0) is 20.8 Å². The normalized spacial score (nSPS) is 11.0. The number of carboxylic acid groups (broad SMARTS) is 1. The van der Waals surface area contributed by atoms with E-state index in [9.17, 15) is 19.2 Å². The number of nitrogens with one attached hydrogen (secondary N) is 2. The number of aryl methyl sites for hydroxylation is 2. The molecule has 2 aromatic heterocycles. The van der Waals surface area contributed by atoms with Crippen molar-refractivity contribution in [3.8, 4) is 11.1 Å². The maximum absolute atomic E-state index is 12.6. The second-order valence-corrected chi connectivity index (χ2v) is 7.86. The first-order valence-corrected chi connectivity index (χ1v) is 10.5. The summed E-state index contributed by atoms with van der Waals surface area (Å²) in [4.78, 5) is 47.1. The molecule has 4 rings (SSSR count). The lowest BCUT2D eigenvalue weighted by Crippen LogP contribution is -2.39. The van der Waals surface area contributed by atoms with Gasteiger partial charge in [-0.3, -0.25) is 14.4 Å². The smallest absolute Gasteiger partial charge is 0.340 e. The lowest BCUT2D eigenvalue weighted by Gasteiger charge is -2.09. The summed E-state index contributed by atoms with van der Waals surface area (Å²) in [7, 11) is 0. The average Bonchev–Trinajstić information content (AvgIpc) is 3.13. The van der Waals surface area contributed by atoms with Crippen LogP contribution in [0.1, 0.15) is 16.9 Å². The van der Waals surface area contributed by atoms with Gasteiger partial charge in [0.15, 0.2) is 0 Å². The van der Waals surface area contributed by atoms with Crippen LogP contribution >= 0.6 is 0 Å². The molecule has 174 valence electrons. The molecule has 0 bridgehead atoms. The molecule has 9 nitrogen and oxygen atoms in total. The van der Waals surface area contributed by atoms with Crippen LogP contribution in [0.15, 0.2) is 56.1 Å². The minimum absolute atomic E-state index is 0.178. The van der Waals surface area contributed by atoms with Crippen LogP contribution in [0.25, 0.3) is 33.1 Å². The van der Waals surface area contributed by atoms with Crippen LogP contribution in [-0.4, -0.2) is 36.0 Å². The molecule has 34 heavy (non-hydrogen) atoms. The molecule has 0 atom stereocenters. The molecule has 0 radical (unpaired) electrons. The molecule has 0 aliphatic heterocycles. The van der Waals surface area contributed by atoms with E-state index in [0.29, 0.717) is 22.1 Å². The number of carbonyl (C=O) groups is 3. The van der Waals surface area contributed by atoms with Crippen molar-refractivity contribution in [3.05, 3.63) is 69.8 Å². The number of rotatable bonds is 7. The van der Waals surface area contributed by atoms with Gasteiger partial charge in [-0.2, -0.15) is 0 Å². The van der Waals surface area contributed by atoms with Gasteiger partial charge in [-0.15, -0.1) is 0 Å². The summed E-state index contributed by atoms with van der Waals surface area (Å²) in [5.41, 5.74) is 2.99. The number of hydrogen-bond donors (Lipinski definition) is 3. The first-order valence-electron chi connectivity index (χ1n) is 10.5. The molecule has 0 aliphatic rings. The molecule has 2 heterocycles. The van der Waals surface area contributed by atoms with Gasteiger partial charge in [-0.1, -0.05) is 30.3 Å². The number of benzene rings is 2. The summed E-state index contributed by atoms with van der Waals surface area (Å²) in [5.74, 6) is -1.67. The Hall–Kier alpha value is -4.40. The zero-order chi connectivity index (χ0) is 24.4. The molecule has 2 amide bonds. The second-order valence-electron chi connectivity index (χ2n) is 7.86. The number of fused-ring (bicyclic) bond motifs is 2. The van der Waals surface area contributed by atoms with E-state index in [1.807, 2.05) is 43.3 Å². The Morgan fingerprint density at radius 1 is 0.882 bits per heavy atom. The van der Waals surface area contributed by atoms with Crippen molar-refractivity contribution in [2.45, 2.75) is 20.3 Å². The zero-order valence-electron chi connectivity index (χ0n) is 18.6. The molecule has 9 heteroatoms. The number of carboxylic acids is 1. The monoisotopic (exact) mass is 462 g/mol. The fourth-order valence-electron chi connectivity index (χ4n) is 3.91. The van der Waals surface area contributed by atoms with Crippen molar-refractivity contribution in [2.24, 2.45) is 0 Å². The Labute approximate surface area is 193 Å². The number of aliphatic carboxylic acids is 1. The van der Waals surface area contributed by atoms with E-state index in [2.05, 4.69) is 10.6 Å². The van der Waals surface area contributed by atoms with Gasteiger partial charge in [0, 0.05) is 22.4 Å². The summed E-state index contributed by atoms with van der Waals surface area (Å²) in [6, 6.07) is 13.4. The number of hydrogen-bond acceptors (Lipinski definition) is 6. The number of amides is 2. The molecule has 0 fully saturated rings. The predicted molar refractivity (Wildman–Crippen MR) is 125 cm³/mol. The van der Waals surface area contributed by atoms with Gasteiger partial charge < -0.3 is 24.6 Å². The van der Waals surface area contributed by atoms with E-state index < -0.39 is 36.5 Å². The van der Waals surface area contributed by atoms with Crippen molar-refractivity contribution in [2.75, 3.05) is 13.1 Å². The highest BCUT2D eigenvalue weighted by atomic mass is 16.4. The molecule has 2 aromatic carbocycles. The maximum Gasteiger partial charge on any atom is 0.340 e. The molecule has 0 spiro atoms. The quantitative estimate of drug-likeness (QED) is 0.359. The van der Waals surface area contributed by atoms with Crippen molar-refractivity contribution < 1.29 is 28.3 Å². The van der Waals surface area contributed by atoms with Crippen LogP contribution < -0.4 is 16.3 Å². The van der Waals surface area contributed by atoms with Crippen LogP contribution in [0.3, 0.4) is 0 Å². The van der Waals surface area contributed by atoms with Gasteiger partial charge >= 0.3 is 11.6 Å². The van der Waals surface area contributed by atoms with Crippen molar-refractivity contribution in [3.63, 3.8) is 0 Å². The molecule has 0 saturated carbocycles. The minimum atomic E-state index is -1.19. The topological polar surface area (TPSA) is 139 Å². The zero-order valence-corrected chi connectivity index (χ0v) is 18.6. The molecule has 3 N–H and O–H groups in total. The Kier molecular flexibility index (Phi) is 6.18. The lowest BCUT2D eigenvalue weighted by molar-refractivity contribution is -0.137. The molecule has 4 aromatic rings. The van der Waals surface area contributed by atoms with Crippen molar-refractivity contribution in [1.29, 1.82) is 0 Å². The largest absolute Gasteiger partial charge is 0.480 e. The van der Waals surface area contributed by atoms with Crippen molar-refractivity contribution >= 4 is 39.7 Å².